The highest BCUT2D eigenvalue weighted by molar-refractivity contribution is 6.21. The molecule has 0 aromatic heterocycles. The minimum atomic E-state index is -0.371. The number of rotatable bonds is 5. The van der Waals surface area contributed by atoms with Gasteiger partial charge in [-0.1, -0.05) is 24.3 Å². The highest BCUT2D eigenvalue weighted by Gasteiger charge is 2.35. The monoisotopic (exact) mass is 421 g/mol. The first-order valence-electron chi connectivity index (χ1n) is 10.3. The van der Waals surface area contributed by atoms with Crippen LogP contribution in [0, 0.1) is 0 Å². The maximum absolute atomic E-state index is 12.6. The highest BCUT2D eigenvalue weighted by atomic mass is 16.3. The molecule has 0 saturated carbocycles. The van der Waals surface area contributed by atoms with Crippen LogP contribution in [0.4, 0.5) is 0 Å². The molecule has 0 spiro atoms. The molecule has 2 aromatic carbocycles. The van der Waals surface area contributed by atoms with Crippen LogP contribution in [0.15, 0.2) is 48.5 Å². The number of fused-ring (bicyclic) bond motifs is 1. The average molecular weight is 421 g/mol. The molecule has 1 fully saturated rings. The van der Waals surface area contributed by atoms with Gasteiger partial charge in [-0.15, -0.1) is 0 Å². The van der Waals surface area contributed by atoms with Crippen molar-refractivity contribution >= 4 is 23.6 Å². The number of piperidine rings is 1. The number of phenolic OH excluding ortho intramolecular Hbond substituents is 1. The van der Waals surface area contributed by atoms with E-state index >= 15 is 0 Å². The van der Waals surface area contributed by atoms with E-state index in [2.05, 4.69) is 5.32 Å². The van der Waals surface area contributed by atoms with Gasteiger partial charge in [0.15, 0.2) is 0 Å². The van der Waals surface area contributed by atoms with Crippen LogP contribution in [0.5, 0.6) is 5.75 Å². The summed E-state index contributed by atoms with van der Waals surface area (Å²) in [7, 11) is 0. The molecule has 160 valence electrons. The number of aromatic hydroxyl groups is 1. The van der Waals surface area contributed by atoms with Crippen molar-refractivity contribution in [1.82, 2.24) is 15.1 Å². The van der Waals surface area contributed by atoms with Gasteiger partial charge in [-0.3, -0.25) is 24.1 Å². The van der Waals surface area contributed by atoms with E-state index in [4.69, 9.17) is 0 Å². The zero-order valence-electron chi connectivity index (χ0n) is 16.9. The van der Waals surface area contributed by atoms with Crippen LogP contribution in [-0.2, 0) is 4.79 Å². The first kappa shape index (κ1) is 20.6. The second-order valence-corrected chi connectivity index (χ2v) is 7.71. The standard InChI is InChI=1S/C23H23N3O5/c27-19-8-4-3-7-18(19)21(29)25-12-9-15(10-13-25)24-20(28)11-14-26-22(30)16-5-1-2-6-17(16)23(26)31/h1-8,15,27H,9-14H2,(H,24,28). The molecular formula is C23H23N3O5. The Labute approximate surface area is 179 Å². The summed E-state index contributed by atoms with van der Waals surface area (Å²) in [4.78, 5) is 52.4. The molecule has 2 aromatic rings. The number of benzene rings is 2. The van der Waals surface area contributed by atoms with Gasteiger partial charge in [0.1, 0.15) is 5.75 Å². The molecule has 2 N–H and O–H groups in total. The first-order valence-corrected chi connectivity index (χ1v) is 10.3. The quantitative estimate of drug-likeness (QED) is 0.716. The number of likely N-dealkylation sites (tertiary alicyclic amines) is 1. The molecule has 8 heteroatoms. The van der Waals surface area contributed by atoms with Crippen LogP contribution in [0.25, 0.3) is 0 Å². The molecule has 1 saturated heterocycles. The Balaban J connectivity index is 1.25. The molecule has 0 atom stereocenters. The normalized spacial score (nSPS) is 16.4. The van der Waals surface area contributed by atoms with Crippen LogP contribution in [0.1, 0.15) is 50.3 Å². The lowest BCUT2D eigenvalue weighted by Crippen LogP contribution is -2.47. The van der Waals surface area contributed by atoms with Crippen molar-refractivity contribution in [2.24, 2.45) is 0 Å². The van der Waals surface area contributed by atoms with Crippen LogP contribution < -0.4 is 5.32 Å². The van der Waals surface area contributed by atoms with Gasteiger partial charge in [-0.2, -0.15) is 0 Å². The summed E-state index contributed by atoms with van der Waals surface area (Å²) in [5, 5.41) is 12.8. The number of hydrogen-bond acceptors (Lipinski definition) is 5. The van der Waals surface area contributed by atoms with E-state index in [1.807, 2.05) is 0 Å². The Hall–Kier alpha value is -3.68. The van der Waals surface area contributed by atoms with Crippen molar-refractivity contribution in [2.45, 2.75) is 25.3 Å². The summed E-state index contributed by atoms with van der Waals surface area (Å²) in [6.45, 7) is 0.968. The number of hydrogen-bond donors (Lipinski definition) is 2. The number of nitrogens with one attached hydrogen (secondary N) is 1. The third-order valence-corrected chi connectivity index (χ3v) is 5.72. The topological polar surface area (TPSA) is 107 Å². The largest absolute Gasteiger partial charge is 0.507 e. The zero-order valence-corrected chi connectivity index (χ0v) is 16.9. The Morgan fingerprint density at radius 1 is 0.935 bits per heavy atom. The fourth-order valence-corrected chi connectivity index (χ4v) is 4.01. The van der Waals surface area contributed by atoms with E-state index in [0.29, 0.717) is 37.1 Å². The third kappa shape index (κ3) is 4.14. The summed E-state index contributed by atoms with van der Waals surface area (Å²) in [6, 6.07) is 13.0. The van der Waals surface area contributed by atoms with Crippen LogP contribution >= 0.6 is 0 Å². The molecule has 0 unspecified atom stereocenters. The lowest BCUT2D eigenvalue weighted by Gasteiger charge is -2.32. The van der Waals surface area contributed by atoms with E-state index in [-0.39, 0.29) is 53.9 Å². The number of amides is 4. The van der Waals surface area contributed by atoms with Crippen molar-refractivity contribution in [3.8, 4) is 5.75 Å². The smallest absolute Gasteiger partial charge is 0.261 e. The van der Waals surface area contributed by atoms with Gasteiger partial charge >= 0.3 is 0 Å². The van der Waals surface area contributed by atoms with Gasteiger partial charge in [0.05, 0.1) is 16.7 Å². The molecule has 2 heterocycles. The number of imide groups is 1. The Bertz CT molecular complexity index is 1010. The second kappa shape index (κ2) is 8.59. The maximum Gasteiger partial charge on any atom is 0.261 e. The lowest BCUT2D eigenvalue weighted by molar-refractivity contribution is -0.122. The van der Waals surface area contributed by atoms with Crippen molar-refractivity contribution < 1.29 is 24.3 Å². The Morgan fingerprint density at radius 3 is 2.13 bits per heavy atom. The van der Waals surface area contributed by atoms with Crippen molar-refractivity contribution in [1.29, 1.82) is 0 Å². The Morgan fingerprint density at radius 2 is 1.52 bits per heavy atom. The van der Waals surface area contributed by atoms with Crippen molar-refractivity contribution in [3.05, 3.63) is 65.2 Å². The van der Waals surface area contributed by atoms with E-state index in [9.17, 15) is 24.3 Å². The number of para-hydroxylation sites is 1. The summed E-state index contributed by atoms with van der Waals surface area (Å²) >= 11 is 0. The molecule has 0 aliphatic carbocycles. The zero-order chi connectivity index (χ0) is 22.0. The highest BCUT2D eigenvalue weighted by Crippen LogP contribution is 2.23. The van der Waals surface area contributed by atoms with Gasteiger partial charge in [0, 0.05) is 32.1 Å². The fraction of sp³-hybridized carbons (Fsp3) is 0.304. The van der Waals surface area contributed by atoms with E-state index in [0.717, 1.165) is 4.90 Å². The first-order chi connectivity index (χ1) is 15.0. The molecule has 31 heavy (non-hydrogen) atoms. The predicted octanol–water partition coefficient (Wildman–Crippen LogP) is 1.80. The molecular weight excluding hydrogens is 398 g/mol. The van der Waals surface area contributed by atoms with Gasteiger partial charge in [0.25, 0.3) is 17.7 Å². The molecule has 0 radical (unpaired) electrons. The van der Waals surface area contributed by atoms with Gasteiger partial charge in [-0.25, -0.2) is 0 Å². The molecule has 0 bridgehead atoms. The van der Waals surface area contributed by atoms with Crippen LogP contribution in [-0.4, -0.2) is 64.2 Å². The van der Waals surface area contributed by atoms with Crippen LogP contribution in [0.2, 0.25) is 0 Å². The average Bonchev–Trinajstić information content (AvgIpc) is 3.03. The lowest BCUT2D eigenvalue weighted by atomic mass is 10.0. The van der Waals surface area contributed by atoms with Crippen molar-refractivity contribution in [2.75, 3.05) is 19.6 Å². The van der Waals surface area contributed by atoms with E-state index in [1.54, 1.807) is 47.4 Å². The maximum atomic E-state index is 12.6. The summed E-state index contributed by atoms with van der Waals surface area (Å²) in [6.07, 6.45) is 1.22. The Kier molecular flexibility index (Phi) is 5.70. The molecule has 2 aliphatic rings. The summed E-state index contributed by atoms with van der Waals surface area (Å²) in [5.41, 5.74) is 1.01. The predicted molar refractivity (Wildman–Crippen MR) is 112 cm³/mol. The van der Waals surface area contributed by atoms with Gasteiger partial charge < -0.3 is 15.3 Å². The second-order valence-electron chi connectivity index (χ2n) is 7.71. The van der Waals surface area contributed by atoms with E-state index < -0.39 is 0 Å². The molecule has 2 aliphatic heterocycles. The van der Waals surface area contributed by atoms with E-state index in [1.165, 1.54) is 6.07 Å². The molecule has 4 amide bonds. The van der Waals surface area contributed by atoms with Gasteiger partial charge in [-0.05, 0) is 37.1 Å². The number of carbonyl (C=O) groups excluding carboxylic acids is 4. The minimum Gasteiger partial charge on any atom is -0.507 e. The SMILES string of the molecule is O=C(CCN1C(=O)c2ccccc2C1=O)NC1CCN(C(=O)c2ccccc2O)CC1. The minimum absolute atomic E-state index is 0.0303. The van der Waals surface area contributed by atoms with Crippen molar-refractivity contribution in [3.63, 3.8) is 0 Å². The summed E-state index contributed by atoms with van der Waals surface area (Å²) in [5.74, 6) is -1.25. The van der Waals surface area contributed by atoms with Crippen LogP contribution in [0.3, 0.4) is 0 Å². The fourth-order valence-electron chi connectivity index (χ4n) is 4.01. The number of carbonyl (C=O) groups is 4. The van der Waals surface area contributed by atoms with Gasteiger partial charge in [0.2, 0.25) is 5.91 Å². The molecule has 8 nitrogen and oxygen atoms in total. The third-order valence-electron chi connectivity index (χ3n) is 5.72. The number of nitrogens with zero attached hydrogens (tertiary/aromatic N) is 2. The number of phenols is 1. The summed E-state index contributed by atoms with van der Waals surface area (Å²) < 4.78 is 0. The molecule has 4 rings (SSSR count).